The quantitative estimate of drug-likeness (QED) is 0.679. The zero-order valence-electron chi connectivity index (χ0n) is 10.6. The lowest BCUT2D eigenvalue weighted by Crippen LogP contribution is -1.96. The minimum Gasteiger partial charge on any atom is -0.327 e. The molecule has 0 amide bonds. The average molecular weight is 269 g/mol. The number of rotatable bonds is 1. The predicted octanol–water partition coefficient (Wildman–Crippen LogP) is 3.39. The topological polar surface area (TPSA) is 41.6 Å². The van der Waals surface area contributed by atoms with Crippen LogP contribution < -0.4 is 0 Å². The van der Waals surface area contributed by atoms with E-state index in [1.165, 1.54) is 12.1 Å². The summed E-state index contributed by atoms with van der Waals surface area (Å²) in [5, 5.41) is 8.88. The largest absolute Gasteiger partial charge is 0.327 e. The van der Waals surface area contributed by atoms with Crippen molar-refractivity contribution in [2.75, 3.05) is 0 Å². The third-order valence-electron chi connectivity index (χ3n) is 3.20. The molecule has 0 N–H and O–H groups in total. The van der Waals surface area contributed by atoms with Crippen molar-refractivity contribution < 1.29 is 8.78 Å². The number of nitrogens with zero attached hydrogens (tertiary/aromatic N) is 3. The molecule has 5 heteroatoms. The Balaban J connectivity index is 2.30. The fourth-order valence-electron chi connectivity index (χ4n) is 2.19. The summed E-state index contributed by atoms with van der Waals surface area (Å²) >= 11 is 0. The molecule has 0 aliphatic rings. The highest BCUT2D eigenvalue weighted by molar-refractivity contribution is 5.81. The monoisotopic (exact) mass is 269 g/mol. The highest BCUT2D eigenvalue weighted by atomic mass is 19.2. The molecular formula is C15H9F2N3. The van der Waals surface area contributed by atoms with Crippen molar-refractivity contribution in [3.63, 3.8) is 0 Å². The van der Waals surface area contributed by atoms with Crippen LogP contribution in [0.5, 0.6) is 0 Å². The maximum Gasteiger partial charge on any atom is 0.169 e. The molecule has 0 unspecified atom stereocenters. The number of hydrogen-bond acceptors (Lipinski definition) is 2. The van der Waals surface area contributed by atoms with Gasteiger partial charge in [-0.2, -0.15) is 5.26 Å². The van der Waals surface area contributed by atoms with Crippen molar-refractivity contribution in [3.05, 3.63) is 53.6 Å². The van der Waals surface area contributed by atoms with E-state index in [0.717, 1.165) is 11.6 Å². The van der Waals surface area contributed by atoms with Crippen LogP contribution in [-0.2, 0) is 7.05 Å². The SMILES string of the molecule is Cn1c(-c2cccc(F)c2F)nc2cc(C#N)ccc21. The van der Waals surface area contributed by atoms with Crippen molar-refractivity contribution in [1.29, 1.82) is 5.26 Å². The molecule has 0 aliphatic heterocycles. The molecule has 20 heavy (non-hydrogen) atoms. The van der Waals surface area contributed by atoms with Gasteiger partial charge in [0.05, 0.1) is 28.2 Å². The Morgan fingerprint density at radius 3 is 2.75 bits per heavy atom. The molecule has 3 rings (SSSR count). The molecule has 1 heterocycles. The van der Waals surface area contributed by atoms with Crippen LogP contribution in [0.1, 0.15) is 5.56 Å². The molecule has 1 aromatic heterocycles. The van der Waals surface area contributed by atoms with E-state index in [9.17, 15) is 8.78 Å². The van der Waals surface area contributed by atoms with Crippen LogP contribution in [0.4, 0.5) is 8.78 Å². The number of hydrogen-bond donors (Lipinski definition) is 0. The van der Waals surface area contributed by atoms with Crippen LogP contribution in [0, 0.1) is 23.0 Å². The maximum absolute atomic E-state index is 13.9. The van der Waals surface area contributed by atoms with Crippen LogP contribution in [-0.4, -0.2) is 9.55 Å². The molecule has 0 spiro atoms. The van der Waals surface area contributed by atoms with Crippen molar-refractivity contribution in [2.24, 2.45) is 7.05 Å². The highest BCUT2D eigenvalue weighted by Gasteiger charge is 2.16. The van der Waals surface area contributed by atoms with Gasteiger partial charge in [-0.3, -0.25) is 0 Å². The van der Waals surface area contributed by atoms with Crippen LogP contribution in [0.25, 0.3) is 22.4 Å². The number of fused-ring (bicyclic) bond motifs is 1. The van der Waals surface area contributed by atoms with Gasteiger partial charge in [0.25, 0.3) is 0 Å². The molecule has 0 aliphatic carbocycles. The van der Waals surface area contributed by atoms with E-state index in [-0.39, 0.29) is 5.56 Å². The summed E-state index contributed by atoms with van der Waals surface area (Å²) in [6, 6.07) is 11.0. The van der Waals surface area contributed by atoms with Gasteiger partial charge in [-0.25, -0.2) is 13.8 Å². The number of halogens is 2. The second-order valence-electron chi connectivity index (χ2n) is 4.41. The first-order chi connectivity index (χ1) is 9.61. The van der Waals surface area contributed by atoms with E-state index in [2.05, 4.69) is 4.98 Å². The lowest BCUT2D eigenvalue weighted by Gasteiger charge is -2.04. The van der Waals surface area contributed by atoms with Gasteiger partial charge >= 0.3 is 0 Å². The number of aryl methyl sites for hydroxylation is 1. The van der Waals surface area contributed by atoms with Gasteiger partial charge in [-0.1, -0.05) is 6.07 Å². The first-order valence-electron chi connectivity index (χ1n) is 5.93. The van der Waals surface area contributed by atoms with E-state index in [1.807, 2.05) is 6.07 Å². The molecule has 0 radical (unpaired) electrons. The normalized spacial score (nSPS) is 10.7. The van der Waals surface area contributed by atoms with Gasteiger partial charge in [0.1, 0.15) is 5.82 Å². The minimum atomic E-state index is -0.925. The summed E-state index contributed by atoms with van der Waals surface area (Å²) in [5.41, 5.74) is 1.90. The number of nitriles is 1. The van der Waals surface area contributed by atoms with Crippen LogP contribution >= 0.6 is 0 Å². The third-order valence-corrected chi connectivity index (χ3v) is 3.20. The molecule has 3 aromatic rings. The Kier molecular flexibility index (Phi) is 2.72. The van der Waals surface area contributed by atoms with Crippen molar-refractivity contribution in [3.8, 4) is 17.5 Å². The second kappa shape index (κ2) is 4.42. The summed E-state index contributed by atoms with van der Waals surface area (Å²) in [7, 11) is 1.72. The van der Waals surface area contributed by atoms with Gasteiger partial charge in [-0.05, 0) is 30.3 Å². The lowest BCUT2D eigenvalue weighted by atomic mass is 10.2. The molecule has 0 atom stereocenters. The Morgan fingerprint density at radius 2 is 2.00 bits per heavy atom. The number of benzene rings is 2. The molecule has 0 bridgehead atoms. The van der Waals surface area contributed by atoms with Gasteiger partial charge in [0.15, 0.2) is 11.6 Å². The molecule has 0 fully saturated rings. The molecule has 3 nitrogen and oxygen atoms in total. The van der Waals surface area contributed by atoms with Gasteiger partial charge in [0, 0.05) is 7.05 Å². The molecular weight excluding hydrogens is 260 g/mol. The standard InChI is InChI=1S/C15H9F2N3/c1-20-13-6-5-9(8-18)7-12(13)19-15(20)10-3-2-4-11(16)14(10)17/h2-7H,1H3. The Labute approximate surface area is 113 Å². The van der Waals surface area contributed by atoms with Crippen molar-refractivity contribution in [2.45, 2.75) is 0 Å². The third kappa shape index (κ3) is 1.74. The average Bonchev–Trinajstić information content (AvgIpc) is 2.78. The van der Waals surface area contributed by atoms with Gasteiger partial charge in [-0.15, -0.1) is 0 Å². The zero-order chi connectivity index (χ0) is 14.3. The summed E-state index contributed by atoms with van der Waals surface area (Å²) in [5.74, 6) is -1.51. The first kappa shape index (κ1) is 12.3. The Morgan fingerprint density at radius 1 is 1.20 bits per heavy atom. The van der Waals surface area contributed by atoms with E-state index < -0.39 is 11.6 Å². The van der Waals surface area contributed by atoms with Crippen molar-refractivity contribution in [1.82, 2.24) is 9.55 Å². The molecule has 0 saturated heterocycles. The molecule has 0 saturated carbocycles. The van der Waals surface area contributed by atoms with Crippen LogP contribution in [0.3, 0.4) is 0 Å². The number of imidazole rings is 1. The summed E-state index contributed by atoms with van der Waals surface area (Å²) in [6.45, 7) is 0. The summed E-state index contributed by atoms with van der Waals surface area (Å²) in [4.78, 5) is 4.30. The first-order valence-corrected chi connectivity index (χ1v) is 5.93. The smallest absolute Gasteiger partial charge is 0.169 e. The minimum absolute atomic E-state index is 0.0993. The number of aromatic nitrogens is 2. The fourth-order valence-corrected chi connectivity index (χ4v) is 2.19. The van der Waals surface area contributed by atoms with Gasteiger partial charge in [0.2, 0.25) is 0 Å². The maximum atomic E-state index is 13.9. The highest BCUT2D eigenvalue weighted by Crippen LogP contribution is 2.27. The Hall–Kier alpha value is -2.74. The van der Waals surface area contributed by atoms with Crippen LogP contribution in [0.15, 0.2) is 36.4 Å². The Bertz CT molecular complexity index is 859. The fraction of sp³-hybridized carbons (Fsp3) is 0.0667. The van der Waals surface area contributed by atoms with Crippen molar-refractivity contribution >= 4 is 11.0 Å². The predicted molar refractivity (Wildman–Crippen MR) is 70.8 cm³/mol. The second-order valence-corrected chi connectivity index (χ2v) is 4.41. The summed E-state index contributed by atoms with van der Waals surface area (Å²) in [6.07, 6.45) is 0. The summed E-state index contributed by atoms with van der Waals surface area (Å²) < 4.78 is 28.9. The van der Waals surface area contributed by atoms with E-state index in [1.54, 1.807) is 29.8 Å². The van der Waals surface area contributed by atoms with Gasteiger partial charge < -0.3 is 4.57 Å². The molecule has 2 aromatic carbocycles. The van der Waals surface area contributed by atoms with E-state index in [0.29, 0.717) is 16.9 Å². The van der Waals surface area contributed by atoms with E-state index in [4.69, 9.17) is 5.26 Å². The zero-order valence-corrected chi connectivity index (χ0v) is 10.6. The van der Waals surface area contributed by atoms with Crippen LogP contribution in [0.2, 0.25) is 0 Å². The molecule has 98 valence electrons. The van der Waals surface area contributed by atoms with E-state index >= 15 is 0 Å². The lowest BCUT2D eigenvalue weighted by molar-refractivity contribution is 0.510.